The molecule has 0 aliphatic carbocycles. The number of hydrogen-bond acceptors (Lipinski definition) is 4. The largest absolute Gasteiger partial charge is 0.363 e. The summed E-state index contributed by atoms with van der Waals surface area (Å²) < 4.78 is 32.2. The molecule has 6 heteroatoms. The molecule has 2 aliphatic rings. The average molecular weight is 311 g/mol. The van der Waals surface area contributed by atoms with Gasteiger partial charge in [0.2, 0.25) is 0 Å². The van der Waals surface area contributed by atoms with E-state index in [4.69, 9.17) is 4.74 Å². The predicted molar refractivity (Wildman–Crippen MR) is 80.1 cm³/mol. The molecule has 0 amide bonds. The molecule has 0 aromatic carbocycles. The van der Waals surface area contributed by atoms with Gasteiger partial charge in [-0.25, -0.2) is 8.78 Å². The first-order valence-electron chi connectivity index (χ1n) is 7.89. The van der Waals surface area contributed by atoms with Crippen LogP contribution < -0.4 is 5.32 Å². The fraction of sp³-hybridized carbons (Fsp3) is 0.688. The minimum absolute atomic E-state index is 0.194. The Labute approximate surface area is 129 Å². The Morgan fingerprint density at radius 2 is 2.23 bits per heavy atom. The minimum atomic E-state index is -2.32. The van der Waals surface area contributed by atoms with E-state index in [2.05, 4.69) is 10.3 Å². The van der Waals surface area contributed by atoms with Gasteiger partial charge < -0.3 is 10.1 Å². The van der Waals surface area contributed by atoms with Crippen LogP contribution in [0.25, 0.3) is 0 Å². The lowest BCUT2D eigenvalue weighted by atomic mass is 9.89. The molecule has 1 spiro atoms. The Morgan fingerprint density at radius 1 is 1.45 bits per heavy atom. The molecule has 1 N–H and O–H groups in total. The van der Waals surface area contributed by atoms with E-state index in [-0.39, 0.29) is 18.2 Å². The average Bonchev–Trinajstić information content (AvgIpc) is 2.47. The molecule has 1 unspecified atom stereocenters. The van der Waals surface area contributed by atoms with Crippen LogP contribution >= 0.6 is 0 Å². The zero-order valence-electron chi connectivity index (χ0n) is 12.9. The Bertz CT molecular complexity index is 506. The van der Waals surface area contributed by atoms with E-state index in [1.807, 2.05) is 24.0 Å². The van der Waals surface area contributed by atoms with Gasteiger partial charge in [0, 0.05) is 19.3 Å². The molecule has 22 heavy (non-hydrogen) atoms. The second-order valence-electron chi connectivity index (χ2n) is 6.33. The van der Waals surface area contributed by atoms with Gasteiger partial charge in [-0.05, 0) is 44.5 Å². The zero-order valence-corrected chi connectivity index (χ0v) is 12.9. The van der Waals surface area contributed by atoms with Crippen LogP contribution in [-0.4, -0.2) is 54.6 Å². The maximum atomic E-state index is 12.9. The standard InChI is InChI=1S/C16H23F2N3O/c1-12-3-2-6-20-15(12)13-9-21(10-14(17)18)11-16(22-13)4-7-19-8-5-16/h2-3,6,13-14,19H,4-5,7-11H2,1H3. The number of hydrogen-bond donors (Lipinski definition) is 1. The van der Waals surface area contributed by atoms with Gasteiger partial charge in [0.1, 0.15) is 6.10 Å². The van der Waals surface area contributed by atoms with Gasteiger partial charge in [-0.3, -0.25) is 9.88 Å². The Kier molecular flexibility index (Phi) is 4.70. The maximum absolute atomic E-state index is 12.9. The van der Waals surface area contributed by atoms with Crippen LogP contribution in [0.3, 0.4) is 0 Å². The summed E-state index contributed by atoms with van der Waals surface area (Å²) in [6, 6.07) is 3.88. The highest BCUT2D eigenvalue weighted by Gasteiger charge is 2.43. The third kappa shape index (κ3) is 3.45. The van der Waals surface area contributed by atoms with Crippen LogP contribution in [0.1, 0.15) is 30.2 Å². The molecule has 1 atom stereocenters. The first kappa shape index (κ1) is 15.8. The van der Waals surface area contributed by atoms with Crippen LogP contribution in [0.5, 0.6) is 0 Å². The van der Waals surface area contributed by atoms with Crippen molar-refractivity contribution in [1.29, 1.82) is 0 Å². The molecule has 122 valence electrons. The van der Waals surface area contributed by atoms with Crippen molar-refractivity contribution in [2.45, 2.75) is 37.9 Å². The first-order chi connectivity index (χ1) is 10.6. The molecule has 1 aromatic heterocycles. The van der Waals surface area contributed by atoms with Gasteiger partial charge in [0.15, 0.2) is 0 Å². The van der Waals surface area contributed by atoms with Crippen molar-refractivity contribution >= 4 is 0 Å². The van der Waals surface area contributed by atoms with E-state index in [0.29, 0.717) is 13.1 Å². The van der Waals surface area contributed by atoms with Crippen LogP contribution in [0.4, 0.5) is 8.78 Å². The summed E-state index contributed by atoms with van der Waals surface area (Å²) in [5.74, 6) is 0. The molecule has 0 bridgehead atoms. The number of piperidine rings is 1. The van der Waals surface area contributed by atoms with Gasteiger partial charge in [0.05, 0.1) is 17.8 Å². The molecule has 1 aromatic rings. The predicted octanol–water partition coefficient (Wildman–Crippen LogP) is 2.15. The fourth-order valence-corrected chi connectivity index (χ4v) is 3.55. The number of alkyl halides is 2. The van der Waals surface area contributed by atoms with Crippen LogP contribution in [-0.2, 0) is 4.74 Å². The highest BCUT2D eigenvalue weighted by atomic mass is 19.3. The maximum Gasteiger partial charge on any atom is 0.251 e. The molecule has 2 fully saturated rings. The lowest BCUT2D eigenvalue weighted by Gasteiger charge is -2.48. The highest BCUT2D eigenvalue weighted by molar-refractivity contribution is 5.21. The van der Waals surface area contributed by atoms with E-state index in [0.717, 1.165) is 37.2 Å². The Morgan fingerprint density at radius 3 is 2.91 bits per heavy atom. The monoisotopic (exact) mass is 311 g/mol. The van der Waals surface area contributed by atoms with E-state index < -0.39 is 6.43 Å². The fourth-order valence-electron chi connectivity index (χ4n) is 3.55. The molecule has 3 heterocycles. The summed E-state index contributed by atoms with van der Waals surface area (Å²) in [5, 5.41) is 3.32. The van der Waals surface area contributed by atoms with Crippen LogP contribution in [0, 0.1) is 6.92 Å². The zero-order chi connectivity index (χ0) is 15.6. The van der Waals surface area contributed by atoms with Gasteiger partial charge in [-0.2, -0.15) is 0 Å². The number of ether oxygens (including phenoxy) is 1. The first-order valence-corrected chi connectivity index (χ1v) is 7.89. The molecule has 4 nitrogen and oxygen atoms in total. The summed E-state index contributed by atoms with van der Waals surface area (Å²) in [6.07, 6.45) is 0.908. The van der Waals surface area contributed by atoms with E-state index in [9.17, 15) is 8.78 Å². The molecule has 2 saturated heterocycles. The normalized spacial score (nSPS) is 25.7. The highest BCUT2D eigenvalue weighted by Crippen LogP contribution is 2.36. The number of halogens is 2. The van der Waals surface area contributed by atoms with E-state index in [1.54, 1.807) is 6.20 Å². The molecular weight excluding hydrogens is 288 g/mol. The van der Waals surface area contributed by atoms with Crippen molar-refractivity contribution in [2.75, 3.05) is 32.7 Å². The SMILES string of the molecule is Cc1cccnc1C1CN(CC(F)F)CC2(CCNCC2)O1. The quantitative estimate of drug-likeness (QED) is 0.928. The Hall–Kier alpha value is -1.11. The number of nitrogens with zero attached hydrogens (tertiary/aromatic N) is 2. The van der Waals surface area contributed by atoms with Crippen molar-refractivity contribution < 1.29 is 13.5 Å². The van der Waals surface area contributed by atoms with Crippen LogP contribution in [0.15, 0.2) is 18.3 Å². The summed E-state index contributed by atoms with van der Waals surface area (Å²) >= 11 is 0. The summed E-state index contributed by atoms with van der Waals surface area (Å²) in [4.78, 5) is 6.28. The number of aryl methyl sites for hydroxylation is 1. The molecule has 0 saturated carbocycles. The lowest BCUT2D eigenvalue weighted by molar-refractivity contribution is -0.175. The van der Waals surface area contributed by atoms with Gasteiger partial charge in [-0.1, -0.05) is 6.07 Å². The van der Waals surface area contributed by atoms with Gasteiger partial charge in [-0.15, -0.1) is 0 Å². The number of morpholine rings is 1. The van der Waals surface area contributed by atoms with Crippen LogP contribution in [0.2, 0.25) is 0 Å². The second-order valence-corrected chi connectivity index (χ2v) is 6.33. The lowest BCUT2D eigenvalue weighted by Crippen LogP contribution is -2.57. The smallest absolute Gasteiger partial charge is 0.251 e. The van der Waals surface area contributed by atoms with Crippen molar-refractivity contribution in [1.82, 2.24) is 15.2 Å². The molecule has 2 aliphatic heterocycles. The third-order valence-electron chi connectivity index (χ3n) is 4.59. The van der Waals surface area contributed by atoms with Crippen molar-refractivity contribution in [2.24, 2.45) is 0 Å². The van der Waals surface area contributed by atoms with Crippen molar-refractivity contribution in [3.05, 3.63) is 29.6 Å². The van der Waals surface area contributed by atoms with E-state index in [1.165, 1.54) is 0 Å². The molecule has 3 rings (SSSR count). The number of pyridine rings is 1. The third-order valence-corrected chi connectivity index (χ3v) is 4.59. The minimum Gasteiger partial charge on any atom is -0.363 e. The van der Waals surface area contributed by atoms with Gasteiger partial charge in [0.25, 0.3) is 6.43 Å². The summed E-state index contributed by atoms with van der Waals surface area (Å²) in [6.45, 7) is 4.61. The summed E-state index contributed by atoms with van der Waals surface area (Å²) in [7, 11) is 0. The van der Waals surface area contributed by atoms with Crippen molar-refractivity contribution in [3.63, 3.8) is 0 Å². The number of aromatic nitrogens is 1. The topological polar surface area (TPSA) is 37.4 Å². The number of nitrogens with one attached hydrogen (secondary N) is 1. The van der Waals surface area contributed by atoms with Crippen molar-refractivity contribution in [3.8, 4) is 0 Å². The molecule has 0 radical (unpaired) electrons. The second kappa shape index (κ2) is 6.56. The number of rotatable bonds is 3. The van der Waals surface area contributed by atoms with Gasteiger partial charge >= 0.3 is 0 Å². The van der Waals surface area contributed by atoms with E-state index >= 15 is 0 Å². The summed E-state index contributed by atoms with van der Waals surface area (Å²) in [5.41, 5.74) is 1.60. The molecular formula is C16H23F2N3O. The Balaban J connectivity index is 1.84.